The van der Waals surface area contributed by atoms with Gasteiger partial charge in [-0.25, -0.2) is 9.97 Å². The fraction of sp³-hybridized carbons (Fsp3) is 0.565. The third-order valence-electron chi connectivity index (χ3n) is 5.79. The van der Waals surface area contributed by atoms with E-state index in [1.165, 1.54) is 0 Å². The Labute approximate surface area is 179 Å². The lowest BCUT2D eigenvalue weighted by atomic mass is 9.86. The number of rotatable bonds is 7. The van der Waals surface area contributed by atoms with E-state index in [0.717, 1.165) is 42.8 Å². The van der Waals surface area contributed by atoms with Crippen molar-refractivity contribution in [3.8, 4) is 11.4 Å². The number of ether oxygens (including phenoxy) is 1. The monoisotopic (exact) mass is 411 g/mol. The highest BCUT2D eigenvalue weighted by Crippen LogP contribution is 2.29. The summed E-state index contributed by atoms with van der Waals surface area (Å²) in [5.41, 5.74) is 1.73. The van der Waals surface area contributed by atoms with Crippen LogP contribution in [0, 0.1) is 11.8 Å². The Morgan fingerprint density at radius 1 is 1.13 bits per heavy atom. The number of nitrogens with zero attached hydrogens (tertiary/aromatic N) is 4. The Morgan fingerprint density at radius 2 is 1.80 bits per heavy atom. The summed E-state index contributed by atoms with van der Waals surface area (Å²) in [4.78, 5) is 28.6. The van der Waals surface area contributed by atoms with Crippen molar-refractivity contribution in [1.82, 2.24) is 20.3 Å². The van der Waals surface area contributed by atoms with Crippen molar-refractivity contribution in [2.75, 3.05) is 26.1 Å². The number of aromatic nitrogens is 3. The molecule has 30 heavy (non-hydrogen) atoms. The minimum absolute atomic E-state index is 0.0347. The van der Waals surface area contributed by atoms with E-state index in [1.807, 2.05) is 37.2 Å². The summed E-state index contributed by atoms with van der Waals surface area (Å²) in [5, 5.41) is 3.28. The fourth-order valence-corrected chi connectivity index (χ4v) is 3.89. The number of pyridine rings is 1. The molecule has 0 radical (unpaired) electrons. The second-order valence-electron chi connectivity index (χ2n) is 8.54. The second kappa shape index (κ2) is 9.98. The summed E-state index contributed by atoms with van der Waals surface area (Å²) in [6.07, 6.45) is 7.35. The van der Waals surface area contributed by atoms with Crippen molar-refractivity contribution in [1.29, 1.82) is 0 Å². The zero-order valence-corrected chi connectivity index (χ0v) is 18.6. The van der Waals surface area contributed by atoms with Crippen LogP contribution in [0.25, 0.3) is 11.4 Å². The molecular formula is C23H33N5O2. The van der Waals surface area contributed by atoms with Crippen LogP contribution in [0.2, 0.25) is 0 Å². The number of nitrogens with one attached hydrogen (secondary N) is 1. The lowest BCUT2D eigenvalue weighted by Gasteiger charge is -2.30. The molecule has 1 atom stereocenters. The molecule has 1 N–H and O–H groups in total. The average molecular weight is 412 g/mol. The fourth-order valence-electron chi connectivity index (χ4n) is 3.89. The number of methoxy groups -OCH3 is 1. The number of amides is 1. The molecule has 162 valence electrons. The molecule has 0 aliphatic heterocycles. The van der Waals surface area contributed by atoms with Gasteiger partial charge in [0.1, 0.15) is 5.82 Å². The molecule has 2 aromatic heterocycles. The van der Waals surface area contributed by atoms with Crippen molar-refractivity contribution in [3.05, 3.63) is 36.3 Å². The van der Waals surface area contributed by atoms with Gasteiger partial charge in [-0.2, -0.15) is 0 Å². The minimum atomic E-state index is -0.181. The zero-order chi connectivity index (χ0) is 21.7. The van der Waals surface area contributed by atoms with Gasteiger partial charge in [0.2, 0.25) is 5.91 Å². The first-order chi connectivity index (χ1) is 14.4. The molecule has 0 spiro atoms. The average Bonchev–Trinajstić information content (AvgIpc) is 2.77. The zero-order valence-electron chi connectivity index (χ0n) is 18.6. The first-order valence-corrected chi connectivity index (χ1v) is 10.7. The van der Waals surface area contributed by atoms with Gasteiger partial charge >= 0.3 is 0 Å². The van der Waals surface area contributed by atoms with Crippen LogP contribution in [-0.2, 0) is 9.53 Å². The van der Waals surface area contributed by atoms with Crippen LogP contribution in [-0.4, -0.2) is 48.2 Å². The van der Waals surface area contributed by atoms with E-state index in [1.54, 1.807) is 19.5 Å². The second-order valence-corrected chi connectivity index (χ2v) is 8.54. The van der Waals surface area contributed by atoms with Crippen molar-refractivity contribution >= 4 is 11.7 Å². The predicted octanol–water partition coefficient (Wildman–Crippen LogP) is 3.62. The third kappa shape index (κ3) is 5.33. The Morgan fingerprint density at radius 3 is 2.37 bits per heavy atom. The molecule has 7 nitrogen and oxygen atoms in total. The maximum absolute atomic E-state index is 13.0. The number of carbonyl (C=O) groups is 1. The van der Waals surface area contributed by atoms with E-state index in [2.05, 4.69) is 24.1 Å². The standard InChI is InChI=1S/C23H33N5O2/c1-15(2)21(27-23(29)17-6-8-18(30-5)9-7-17)19-14-20(28(3)4)26-22(25-19)16-10-12-24-13-11-16/h10-15,17-18,21H,6-9H2,1-5H3,(H,27,29). The molecule has 1 saturated carbocycles. The van der Waals surface area contributed by atoms with E-state index < -0.39 is 0 Å². The number of anilines is 1. The molecular weight excluding hydrogens is 378 g/mol. The highest BCUT2D eigenvalue weighted by Gasteiger charge is 2.29. The van der Waals surface area contributed by atoms with Crippen molar-refractivity contribution in [2.45, 2.75) is 51.7 Å². The van der Waals surface area contributed by atoms with Gasteiger partial charge in [0.15, 0.2) is 5.82 Å². The van der Waals surface area contributed by atoms with Crippen molar-refractivity contribution in [2.24, 2.45) is 11.8 Å². The minimum Gasteiger partial charge on any atom is -0.381 e. The predicted molar refractivity (Wildman–Crippen MR) is 118 cm³/mol. The molecule has 0 saturated heterocycles. The normalized spacial score (nSPS) is 20.1. The Kier molecular flexibility index (Phi) is 7.37. The highest BCUT2D eigenvalue weighted by atomic mass is 16.5. The summed E-state index contributed by atoms with van der Waals surface area (Å²) in [6.45, 7) is 4.21. The Balaban J connectivity index is 1.86. The molecule has 7 heteroatoms. The van der Waals surface area contributed by atoms with E-state index in [9.17, 15) is 4.79 Å². The summed E-state index contributed by atoms with van der Waals surface area (Å²) in [7, 11) is 5.66. The number of carbonyl (C=O) groups excluding carboxylic acids is 1. The summed E-state index contributed by atoms with van der Waals surface area (Å²) < 4.78 is 5.44. The maximum atomic E-state index is 13.0. The molecule has 2 aromatic rings. The van der Waals surface area contributed by atoms with Gasteiger partial charge in [-0.3, -0.25) is 9.78 Å². The quantitative estimate of drug-likeness (QED) is 0.749. The van der Waals surface area contributed by atoms with E-state index >= 15 is 0 Å². The van der Waals surface area contributed by atoms with Crippen LogP contribution >= 0.6 is 0 Å². The van der Waals surface area contributed by atoms with Crippen LogP contribution in [0.3, 0.4) is 0 Å². The smallest absolute Gasteiger partial charge is 0.223 e. The summed E-state index contributed by atoms with van der Waals surface area (Å²) in [6, 6.07) is 5.59. The third-order valence-corrected chi connectivity index (χ3v) is 5.79. The van der Waals surface area contributed by atoms with Gasteiger partial charge in [0.25, 0.3) is 0 Å². The molecule has 1 fully saturated rings. The van der Waals surface area contributed by atoms with Gasteiger partial charge in [-0.05, 0) is 43.7 Å². The summed E-state index contributed by atoms with van der Waals surface area (Å²) >= 11 is 0. The molecule has 1 amide bonds. The number of hydrogen-bond acceptors (Lipinski definition) is 6. The molecule has 0 aromatic carbocycles. The SMILES string of the molecule is COC1CCC(C(=O)NC(c2cc(N(C)C)nc(-c3ccncc3)n2)C(C)C)CC1. The van der Waals surface area contributed by atoms with E-state index in [0.29, 0.717) is 5.82 Å². The first-order valence-electron chi connectivity index (χ1n) is 10.7. The van der Waals surface area contributed by atoms with Gasteiger partial charge < -0.3 is 15.0 Å². The van der Waals surface area contributed by atoms with Crippen LogP contribution < -0.4 is 10.2 Å². The van der Waals surface area contributed by atoms with E-state index in [-0.39, 0.29) is 29.9 Å². The number of hydrogen-bond donors (Lipinski definition) is 1. The largest absolute Gasteiger partial charge is 0.381 e. The van der Waals surface area contributed by atoms with Gasteiger partial charge in [0, 0.05) is 51.1 Å². The first kappa shape index (κ1) is 22.2. The Hall–Kier alpha value is -2.54. The molecule has 1 unspecified atom stereocenters. The Bertz CT molecular complexity index is 833. The molecule has 2 heterocycles. The molecule has 1 aliphatic carbocycles. The van der Waals surface area contributed by atoms with Crippen LogP contribution in [0.5, 0.6) is 0 Å². The van der Waals surface area contributed by atoms with Crippen molar-refractivity contribution in [3.63, 3.8) is 0 Å². The van der Waals surface area contributed by atoms with Crippen molar-refractivity contribution < 1.29 is 9.53 Å². The lowest BCUT2D eigenvalue weighted by Crippen LogP contribution is -2.39. The summed E-state index contributed by atoms with van der Waals surface area (Å²) in [5.74, 6) is 1.79. The topological polar surface area (TPSA) is 80.2 Å². The van der Waals surface area contributed by atoms with Crippen LogP contribution in [0.1, 0.15) is 51.3 Å². The molecule has 1 aliphatic rings. The molecule has 3 rings (SSSR count). The maximum Gasteiger partial charge on any atom is 0.223 e. The van der Waals surface area contributed by atoms with Crippen LogP contribution in [0.15, 0.2) is 30.6 Å². The van der Waals surface area contributed by atoms with E-state index in [4.69, 9.17) is 14.7 Å². The lowest BCUT2D eigenvalue weighted by molar-refractivity contribution is -0.127. The highest BCUT2D eigenvalue weighted by molar-refractivity contribution is 5.79. The van der Waals surface area contributed by atoms with Gasteiger partial charge in [-0.15, -0.1) is 0 Å². The van der Waals surface area contributed by atoms with Gasteiger partial charge in [-0.1, -0.05) is 13.8 Å². The molecule has 0 bridgehead atoms. The van der Waals surface area contributed by atoms with Gasteiger partial charge in [0.05, 0.1) is 17.8 Å². The van der Waals surface area contributed by atoms with Crippen LogP contribution in [0.4, 0.5) is 5.82 Å².